The molecular weight excluding hydrogens is 96.2 g/mol. The van der Waals surface area contributed by atoms with Crippen molar-refractivity contribution in [1.29, 1.82) is 0 Å². The number of hydrogen-bond donors (Lipinski definition) is 0. The highest BCUT2D eigenvalue weighted by molar-refractivity contribution is 6.85. The Kier molecular flexibility index (Phi) is 3.95. The van der Waals surface area contributed by atoms with Gasteiger partial charge in [0.25, 0.3) is 0 Å². The lowest BCUT2D eigenvalue weighted by atomic mass is 11.2. The second kappa shape index (κ2) is 3.97. The molecule has 30 valence electrons. The molecule has 1 nitrogen and oxygen atoms in total. The molecule has 0 aromatic heterocycles. The Morgan fingerprint density at radius 2 is 2.60 bits per heavy atom. The van der Waals surface area contributed by atoms with Crippen LogP contribution >= 0.6 is 0 Å². The first-order valence-electron chi connectivity index (χ1n) is 1.64. The van der Waals surface area contributed by atoms with E-state index in [-0.39, 0.29) is 9.28 Å². The Balaban J connectivity index is 2.40. The van der Waals surface area contributed by atoms with Crippen molar-refractivity contribution in [1.82, 2.24) is 0 Å². The van der Waals surface area contributed by atoms with Crippen molar-refractivity contribution in [2.45, 2.75) is 0 Å². The summed E-state index contributed by atoms with van der Waals surface area (Å²) in [5.74, 6) is 0. The summed E-state index contributed by atoms with van der Waals surface area (Å²) in [7, 11) is 1.18. The first-order valence-corrected chi connectivity index (χ1v) is 7.87. The fraction of sp³-hybridized carbons (Fsp3) is 0. The average molecular weight is 104 g/mol. The molecule has 0 aliphatic heterocycles. The topological polar surface area (TPSA) is 9.23 Å². The monoisotopic (exact) mass is 104 g/mol. The third-order valence-electron chi connectivity index (χ3n) is 0.285. The molecule has 0 saturated carbocycles. The van der Waals surface area contributed by atoms with Crippen LogP contribution in [0.25, 0.3) is 0 Å². The first kappa shape index (κ1) is 4.97. The Morgan fingerprint density at radius 1 is 2.00 bits per heavy atom. The summed E-state index contributed by atoms with van der Waals surface area (Å²) in [6.45, 7) is 3.39. The zero-order valence-corrected chi connectivity index (χ0v) is 6.81. The van der Waals surface area contributed by atoms with Crippen LogP contribution in [0, 0.1) is 0 Å². The smallest absolute Gasteiger partial charge is 0.193 e. The van der Waals surface area contributed by atoms with Crippen molar-refractivity contribution in [3.8, 4) is 0 Å². The lowest BCUT2D eigenvalue weighted by Gasteiger charge is -1.84. The fourth-order valence-electron chi connectivity index (χ4n) is 0.118. The minimum Gasteiger partial charge on any atom is -0.559 e. The summed E-state index contributed by atoms with van der Waals surface area (Å²) in [6.07, 6.45) is 1.53. The molecule has 0 amide bonds. The highest BCUT2D eigenvalue weighted by Gasteiger charge is 1.59. The van der Waals surface area contributed by atoms with E-state index in [9.17, 15) is 0 Å². The van der Waals surface area contributed by atoms with E-state index in [2.05, 4.69) is 6.58 Å². The summed E-state index contributed by atoms with van der Waals surface area (Å²) in [6, 6.07) is 0. The van der Waals surface area contributed by atoms with Crippen molar-refractivity contribution >= 4 is 19.0 Å². The number of hydrogen-bond acceptors (Lipinski definition) is 1. The van der Waals surface area contributed by atoms with E-state index in [1.165, 1.54) is 16.0 Å². The van der Waals surface area contributed by atoms with E-state index < -0.39 is 0 Å². The summed E-state index contributed by atoms with van der Waals surface area (Å²) in [5, 5.41) is 0. The van der Waals surface area contributed by atoms with Crippen molar-refractivity contribution in [3.63, 3.8) is 0 Å². The van der Waals surface area contributed by atoms with Crippen LogP contribution in [0.2, 0.25) is 0 Å². The Hall–Kier alpha value is -0.0262. The quantitative estimate of drug-likeness (QED) is 0.306. The van der Waals surface area contributed by atoms with Gasteiger partial charge in [-0.15, -0.1) is 0 Å². The Morgan fingerprint density at radius 3 is 2.60 bits per heavy atom. The maximum Gasteiger partial charge on any atom is 0.193 e. The van der Waals surface area contributed by atoms with Crippen molar-refractivity contribution in [2.75, 3.05) is 0 Å². The molecule has 0 aliphatic carbocycles. The van der Waals surface area contributed by atoms with E-state index >= 15 is 0 Å². The Labute approximate surface area is 37.2 Å². The van der Waals surface area contributed by atoms with Gasteiger partial charge in [-0.05, 0) is 0 Å². The Bertz CT molecular complexity index is 28.8. The van der Waals surface area contributed by atoms with Gasteiger partial charge in [-0.3, -0.25) is 0 Å². The minimum absolute atomic E-state index is 0.0652. The summed E-state index contributed by atoms with van der Waals surface area (Å²) >= 11 is 0. The molecule has 0 N–H and O–H groups in total. The maximum atomic E-state index is 4.80. The lowest BCUT2D eigenvalue weighted by molar-refractivity contribution is 0.531. The molecule has 0 radical (unpaired) electrons. The molecular formula is C2H8OSi2. The highest BCUT2D eigenvalue weighted by atomic mass is 29.1. The molecule has 0 aromatic carbocycles. The molecule has 0 saturated heterocycles. The zero-order chi connectivity index (χ0) is 4.12. The van der Waals surface area contributed by atoms with Crippen LogP contribution in [0.4, 0.5) is 0 Å². The standard InChI is InChI=1S/C2H8OSi2/c1-2-3-5-4/h2H,1,5H2,4H3. The van der Waals surface area contributed by atoms with Crippen LogP contribution in [0.3, 0.4) is 0 Å². The number of rotatable bonds is 2. The zero-order valence-electron chi connectivity index (χ0n) is 3.40. The maximum absolute atomic E-state index is 4.80. The van der Waals surface area contributed by atoms with Gasteiger partial charge in [0, 0.05) is 9.76 Å². The first-order chi connectivity index (χ1) is 2.41. The van der Waals surface area contributed by atoms with E-state index in [0.717, 1.165) is 0 Å². The van der Waals surface area contributed by atoms with Crippen LogP contribution < -0.4 is 0 Å². The predicted molar refractivity (Wildman–Crippen MR) is 29.8 cm³/mol. The minimum atomic E-state index is -0.0652. The van der Waals surface area contributed by atoms with Crippen LogP contribution in [-0.4, -0.2) is 19.0 Å². The van der Waals surface area contributed by atoms with Crippen LogP contribution in [0.15, 0.2) is 12.8 Å². The van der Waals surface area contributed by atoms with E-state index in [1.54, 1.807) is 0 Å². The molecule has 0 spiro atoms. The lowest BCUT2D eigenvalue weighted by Crippen LogP contribution is -1.86. The van der Waals surface area contributed by atoms with Gasteiger partial charge in [0.2, 0.25) is 0 Å². The molecule has 0 rings (SSSR count). The van der Waals surface area contributed by atoms with Gasteiger partial charge in [0.1, 0.15) is 0 Å². The van der Waals surface area contributed by atoms with Gasteiger partial charge >= 0.3 is 0 Å². The molecule has 0 aromatic rings. The van der Waals surface area contributed by atoms with Crippen LogP contribution in [0.5, 0.6) is 0 Å². The van der Waals surface area contributed by atoms with Crippen LogP contribution in [0.1, 0.15) is 0 Å². The molecule has 3 heteroatoms. The van der Waals surface area contributed by atoms with Gasteiger partial charge in [0.15, 0.2) is 9.28 Å². The van der Waals surface area contributed by atoms with Gasteiger partial charge in [-0.2, -0.15) is 0 Å². The molecule has 0 unspecified atom stereocenters. The molecule has 0 aliphatic rings. The third-order valence-corrected chi connectivity index (χ3v) is 1.85. The van der Waals surface area contributed by atoms with Crippen molar-refractivity contribution in [2.24, 2.45) is 0 Å². The van der Waals surface area contributed by atoms with Crippen molar-refractivity contribution < 1.29 is 4.43 Å². The highest BCUT2D eigenvalue weighted by Crippen LogP contribution is 1.57. The molecule has 0 atom stereocenters. The SMILES string of the molecule is C=CO[SiH2][SiH3]. The van der Waals surface area contributed by atoms with Gasteiger partial charge in [0.05, 0.1) is 6.26 Å². The van der Waals surface area contributed by atoms with Gasteiger partial charge in [-0.25, -0.2) is 0 Å². The second-order valence-electron chi connectivity index (χ2n) is 0.622. The second-order valence-corrected chi connectivity index (χ2v) is 3.26. The van der Waals surface area contributed by atoms with Crippen LogP contribution in [-0.2, 0) is 4.43 Å². The average Bonchev–Trinajstić information content (AvgIpc) is 1.41. The summed E-state index contributed by atoms with van der Waals surface area (Å²) < 4.78 is 4.80. The van der Waals surface area contributed by atoms with Crippen molar-refractivity contribution in [3.05, 3.63) is 12.8 Å². The van der Waals surface area contributed by atoms with E-state index in [4.69, 9.17) is 4.43 Å². The summed E-state index contributed by atoms with van der Waals surface area (Å²) in [5.41, 5.74) is 0. The molecule has 5 heavy (non-hydrogen) atoms. The summed E-state index contributed by atoms with van der Waals surface area (Å²) in [4.78, 5) is 0. The van der Waals surface area contributed by atoms with Gasteiger partial charge in [-0.1, -0.05) is 6.58 Å². The van der Waals surface area contributed by atoms with E-state index in [1.807, 2.05) is 0 Å². The molecule has 0 fully saturated rings. The van der Waals surface area contributed by atoms with E-state index in [0.29, 0.717) is 0 Å². The van der Waals surface area contributed by atoms with Gasteiger partial charge < -0.3 is 4.43 Å². The predicted octanol–water partition coefficient (Wildman–Crippen LogP) is -1.49. The molecule has 0 heterocycles. The fourth-order valence-corrected chi connectivity index (χ4v) is 1.06. The molecule has 0 bridgehead atoms. The normalized spacial score (nSPS) is 9.60. The third kappa shape index (κ3) is 3.97. The largest absolute Gasteiger partial charge is 0.559 e.